The number of hydrogen-bond donors (Lipinski definition) is 0. The lowest BCUT2D eigenvalue weighted by Crippen LogP contribution is -2.68. The first-order chi connectivity index (χ1) is 9.68. The molecule has 0 aliphatic carbocycles. The average molecular weight is 295 g/mol. The summed E-state index contributed by atoms with van der Waals surface area (Å²) in [6.45, 7) is 9.24. The van der Waals surface area contributed by atoms with Crippen molar-refractivity contribution < 1.29 is 4.48 Å². The Kier molecular flexibility index (Phi) is 4.32. The van der Waals surface area contributed by atoms with E-state index in [0.717, 1.165) is 17.6 Å². The van der Waals surface area contributed by atoms with Crippen molar-refractivity contribution in [3.05, 3.63) is 35.9 Å². The number of halogens is 1. The van der Waals surface area contributed by atoms with E-state index in [4.69, 9.17) is 11.6 Å². The van der Waals surface area contributed by atoms with Gasteiger partial charge in [0.2, 0.25) is 0 Å². The van der Waals surface area contributed by atoms with E-state index in [-0.39, 0.29) is 5.50 Å². The molecule has 0 bridgehead atoms. The molecule has 3 nitrogen and oxygen atoms in total. The molecule has 3 rings (SSSR count). The number of alkyl halides is 1. The Bertz CT molecular complexity index is 429. The van der Waals surface area contributed by atoms with Gasteiger partial charge in [-0.25, -0.2) is 0 Å². The van der Waals surface area contributed by atoms with E-state index in [0.29, 0.717) is 0 Å². The second-order valence-electron chi connectivity index (χ2n) is 6.35. The Hall–Kier alpha value is -0.610. The maximum atomic E-state index is 6.67. The molecule has 0 saturated carbocycles. The zero-order valence-electron chi connectivity index (χ0n) is 12.3. The van der Waals surface area contributed by atoms with Crippen molar-refractivity contribution in [3.8, 4) is 0 Å². The number of hydrogen-bond acceptors (Lipinski definition) is 2. The lowest BCUT2D eigenvalue weighted by Gasteiger charge is -2.51. The summed E-state index contributed by atoms with van der Waals surface area (Å²) >= 11 is 6.67. The first-order valence-corrected chi connectivity index (χ1v) is 8.06. The lowest BCUT2D eigenvalue weighted by atomic mass is 10.1. The normalized spacial score (nSPS) is 27.8. The van der Waals surface area contributed by atoms with E-state index in [1.165, 1.54) is 44.8 Å². The summed E-state index contributed by atoms with van der Waals surface area (Å²) in [6, 6.07) is 10.8. The van der Waals surface area contributed by atoms with Gasteiger partial charge in [-0.2, -0.15) is 0 Å². The molecule has 4 heteroatoms. The molecule has 0 N–H and O–H groups in total. The third-order valence-corrected chi connectivity index (χ3v) is 5.51. The Balaban J connectivity index is 1.57. The minimum Gasteiger partial charge on any atom is -0.304 e. The summed E-state index contributed by atoms with van der Waals surface area (Å²) in [5.74, 6) is 0. The highest BCUT2D eigenvalue weighted by molar-refractivity contribution is 6.19. The van der Waals surface area contributed by atoms with Gasteiger partial charge in [-0.1, -0.05) is 41.9 Å². The third-order valence-electron chi connectivity index (χ3n) is 4.96. The first kappa shape index (κ1) is 14.3. The van der Waals surface area contributed by atoms with Crippen molar-refractivity contribution in [2.45, 2.75) is 12.0 Å². The highest BCUT2D eigenvalue weighted by Gasteiger charge is 2.42. The van der Waals surface area contributed by atoms with Crippen LogP contribution in [0.25, 0.3) is 0 Å². The molecular weight excluding hydrogens is 270 g/mol. The van der Waals surface area contributed by atoms with Crippen LogP contribution in [0.2, 0.25) is 0 Å². The van der Waals surface area contributed by atoms with Crippen molar-refractivity contribution in [3.63, 3.8) is 0 Å². The zero-order chi connectivity index (χ0) is 14.0. The molecule has 0 amide bonds. The number of likely N-dealkylation sites (N-methyl/N-ethyl adjacent to an activating group) is 1. The molecule has 2 fully saturated rings. The molecular formula is C16H25ClN3+. The van der Waals surface area contributed by atoms with Gasteiger partial charge in [-0.3, -0.25) is 9.80 Å². The fourth-order valence-electron chi connectivity index (χ4n) is 3.44. The van der Waals surface area contributed by atoms with Crippen LogP contribution in [-0.2, 0) is 6.54 Å². The van der Waals surface area contributed by atoms with Gasteiger partial charge in [-0.05, 0) is 12.6 Å². The molecule has 1 aromatic carbocycles. The van der Waals surface area contributed by atoms with Gasteiger partial charge in [0.1, 0.15) is 0 Å². The number of rotatable bonds is 2. The standard InChI is InChI=1S/C16H25ClN3/c1-18-7-10-20(16(17)14-18)11-8-19(9-12-20)13-15-5-3-2-4-6-15/h2-6,16H,7-14H2,1H3/q+1. The molecule has 2 saturated heterocycles. The molecule has 20 heavy (non-hydrogen) atoms. The van der Waals surface area contributed by atoms with Gasteiger partial charge in [-0.15, -0.1) is 0 Å². The van der Waals surface area contributed by atoms with E-state index >= 15 is 0 Å². The van der Waals surface area contributed by atoms with Crippen molar-refractivity contribution in [1.29, 1.82) is 0 Å². The van der Waals surface area contributed by atoms with Gasteiger partial charge >= 0.3 is 0 Å². The topological polar surface area (TPSA) is 6.48 Å². The Morgan fingerprint density at radius 3 is 2.40 bits per heavy atom. The smallest absolute Gasteiger partial charge is 0.177 e. The summed E-state index contributed by atoms with van der Waals surface area (Å²) < 4.78 is 1.12. The summed E-state index contributed by atoms with van der Waals surface area (Å²) in [4.78, 5) is 4.93. The molecule has 0 aromatic heterocycles. The number of nitrogens with zero attached hydrogens (tertiary/aromatic N) is 3. The predicted molar refractivity (Wildman–Crippen MR) is 83.7 cm³/mol. The Morgan fingerprint density at radius 2 is 1.75 bits per heavy atom. The Morgan fingerprint density at radius 1 is 1.10 bits per heavy atom. The quantitative estimate of drug-likeness (QED) is 0.466. The lowest BCUT2D eigenvalue weighted by molar-refractivity contribution is -0.947. The molecule has 1 aromatic rings. The molecule has 0 radical (unpaired) electrons. The summed E-state index contributed by atoms with van der Waals surface area (Å²) in [5.41, 5.74) is 1.69. The van der Waals surface area contributed by atoms with Crippen LogP contribution >= 0.6 is 11.6 Å². The van der Waals surface area contributed by atoms with Gasteiger partial charge in [0.15, 0.2) is 5.50 Å². The number of quaternary nitrogens is 1. The molecule has 1 atom stereocenters. The molecule has 110 valence electrons. The van der Waals surface area contributed by atoms with Gasteiger partial charge in [0.05, 0.1) is 26.2 Å². The summed E-state index contributed by atoms with van der Waals surface area (Å²) in [5, 5.41) is 0. The highest BCUT2D eigenvalue weighted by atomic mass is 35.5. The van der Waals surface area contributed by atoms with E-state index in [1.807, 2.05) is 0 Å². The predicted octanol–water partition coefficient (Wildman–Crippen LogP) is 1.83. The van der Waals surface area contributed by atoms with Gasteiger partial charge in [0.25, 0.3) is 0 Å². The number of benzene rings is 1. The second-order valence-corrected chi connectivity index (χ2v) is 6.85. The minimum absolute atomic E-state index is 0.271. The van der Waals surface area contributed by atoms with Gasteiger partial charge in [0, 0.05) is 26.2 Å². The van der Waals surface area contributed by atoms with E-state index in [1.54, 1.807) is 0 Å². The molecule has 1 spiro atoms. The first-order valence-electron chi connectivity index (χ1n) is 7.63. The maximum Gasteiger partial charge on any atom is 0.177 e. The van der Waals surface area contributed by atoms with Crippen LogP contribution in [0.5, 0.6) is 0 Å². The van der Waals surface area contributed by atoms with E-state index in [9.17, 15) is 0 Å². The van der Waals surface area contributed by atoms with Crippen LogP contribution in [0.4, 0.5) is 0 Å². The Labute approximate surface area is 127 Å². The molecule has 2 heterocycles. The van der Waals surface area contributed by atoms with E-state index in [2.05, 4.69) is 47.2 Å². The van der Waals surface area contributed by atoms with Crippen molar-refractivity contribution in [2.24, 2.45) is 0 Å². The van der Waals surface area contributed by atoms with Crippen LogP contribution in [-0.4, -0.2) is 72.6 Å². The number of piperazine rings is 2. The summed E-state index contributed by atoms with van der Waals surface area (Å²) in [7, 11) is 2.18. The van der Waals surface area contributed by atoms with Crippen LogP contribution in [0.3, 0.4) is 0 Å². The van der Waals surface area contributed by atoms with E-state index < -0.39 is 0 Å². The maximum absolute atomic E-state index is 6.67. The second kappa shape index (κ2) is 6.02. The van der Waals surface area contributed by atoms with Crippen LogP contribution < -0.4 is 0 Å². The van der Waals surface area contributed by atoms with Crippen molar-refractivity contribution >= 4 is 11.6 Å². The van der Waals surface area contributed by atoms with Crippen LogP contribution in [0, 0.1) is 0 Å². The van der Waals surface area contributed by atoms with Crippen molar-refractivity contribution in [1.82, 2.24) is 9.80 Å². The van der Waals surface area contributed by atoms with Crippen molar-refractivity contribution in [2.75, 3.05) is 52.9 Å². The van der Waals surface area contributed by atoms with Gasteiger partial charge < -0.3 is 4.48 Å². The SMILES string of the molecule is CN1CC[N+]2(CCN(Cc3ccccc3)CC2)C(Cl)C1. The minimum atomic E-state index is 0.271. The molecule has 2 aliphatic heterocycles. The van der Waals surface area contributed by atoms with Crippen LogP contribution in [0.1, 0.15) is 5.56 Å². The van der Waals surface area contributed by atoms with Crippen LogP contribution in [0.15, 0.2) is 30.3 Å². The molecule has 2 aliphatic rings. The zero-order valence-corrected chi connectivity index (χ0v) is 13.1. The largest absolute Gasteiger partial charge is 0.304 e. The fraction of sp³-hybridized carbons (Fsp3) is 0.625. The highest BCUT2D eigenvalue weighted by Crippen LogP contribution is 2.25. The molecule has 1 unspecified atom stereocenters. The average Bonchev–Trinajstić information content (AvgIpc) is 2.47. The summed E-state index contributed by atoms with van der Waals surface area (Å²) in [6.07, 6.45) is 0. The third kappa shape index (κ3) is 3.01. The monoisotopic (exact) mass is 294 g/mol. The fourth-order valence-corrected chi connectivity index (χ4v) is 3.97.